The number of aryl methyl sites for hydroxylation is 1. The summed E-state index contributed by atoms with van der Waals surface area (Å²) in [5.74, 6) is 0.539. The first-order valence-corrected chi connectivity index (χ1v) is 8.31. The number of nitrogens with zero attached hydrogens (tertiary/aromatic N) is 2. The zero-order chi connectivity index (χ0) is 18.4. The lowest BCUT2D eigenvalue weighted by Crippen LogP contribution is -2.27. The molecule has 2 N–H and O–H groups in total. The van der Waals surface area contributed by atoms with Crippen LogP contribution in [0.25, 0.3) is 11.3 Å². The van der Waals surface area contributed by atoms with E-state index < -0.39 is 0 Å². The van der Waals surface area contributed by atoms with E-state index in [2.05, 4.69) is 15.5 Å². The van der Waals surface area contributed by atoms with Gasteiger partial charge in [0.05, 0.1) is 12.8 Å². The third-order valence-corrected chi connectivity index (χ3v) is 3.97. The van der Waals surface area contributed by atoms with Gasteiger partial charge in [-0.25, -0.2) is 0 Å². The standard InChI is InChI=1S/C19H20N4O3/c1-26-15-8-6-14(7-9-15)16-13-17(22-21-16)19(25)20-10-4-12-23-11-3-2-5-18(23)24/h2-3,5-9,11,13H,4,10,12H2,1H3,(H,20,25)(H,21,22). The van der Waals surface area contributed by atoms with Crippen molar-refractivity contribution in [1.82, 2.24) is 20.1 Å². The zero-order valence-electron chi connectivity index (χ0n) is 14.4. The average molecular weight is 352 g/mol. The quantitative estimate of drug-likeness (QED) is 0.637. The predicted octanol–water partition coefficient (Wildman–Crippen LogP) is 2.07. The molecule has 3 rings (SSSR count). The summed E-state index contributed by atoms with van der Waals surface area (Å²) in [6, 6.07) is 14.2. The van der Waals surface area contributed by atoms with Gasteiger partial charge in [0.25, 0.3) is 5.91 Å². The molecule has 0 fully saturated rings. The van der Waals surface area contributed by atoms with E-state index in [0.717, 1.165) is 11.3 Å². The Morgan fingerprint density at radius 2 is 2.04 bits per heavy atom. The van der Waals surface area contributed by atoms with Gasteiger partial charge in [-0.1, -0.05) is 6.07 Å². The maximum atomic E-state index is 12.2. The van der Waals surface area contributed by atoms with Gasteiger partial charge in [0, 0.05) is 30.9 Å². The Bertz CT molecular complexity index is 928. The third-order valence-electron chi connectivity index (χ3n) is 3.97. The van der Waals surface area contributed by atoms with Crippen molar-refractivity contribution in [2.24, 2.45) is 0 Å². The lowest BCUT2D eigenvalue weighted by atomic mass is 10.1. The molecule has 0 aliphatic carbocycles. The van der Waals surface area contributed by atoms with Crippen LogP contribution in [0.4, 0.5) is 0 Å². The smallest absolute Gasteiger partial charge is 0.269 e. The van der Waals surface area contributed by atoms with Crippen molar-refractivity contribution in [3.63, 3.8) is 0 Å². The highest BCUT2D eigenvalue weighted by atomic mass is 16.5. The van der Waals surface area contributed by atoms with Crippen molar-refractivity contribution in [2.75, 3.05) is 13.7 Å². The van der Waals surface area contributed by atoms with E-state index in [0.29, 0.717) is 30.9 Å². The molecule has 1 amide bonds. The second kappa shape index (κ2) is 8.15. The molecule has 0 aliphatic rings. The van der Waals surface area contributed by atoms with E-state index in [9.17, 15) is 9.59 Å². The fourth-order valence-corrected chi connectivity index (χ4v) is 2.54. The minimum Gasteiger partial charge on any atom is -0.497 e. The predicted molar refractivity (Wildman–Crippen MR) is 98.2 cm³/mol. The Balaban J connectivity index is 1.53. The summed E-state index contributed by atoms with van der Waals surface area (Å²) < 4.78 is 6.74. The maximum Gasteiger partial charge on any atom is 0.269 e. The lowest BCUT2D eigenvalue weighted by molar-refractivity contribution is 0.0947. The number of ether oxygens (including phenoxy) is 1. The van der Waals surface area contributed by atoms with Gasteiger partial charge in [-0.05, 0) is 42.8 Å². The van der Waals surface area contributed by atoms with Crippen LogP contribution >= 0.6 is 0 Å². The largest absolute Gasteiger partial charge is 0.497 e. The van der Waals surface area contributed by atoms with Gasteiger partial charge in [0.15, 0.2) is 0 Å². The van der Waals surface area contributed by atoms with E-state index >= 15 is 0 Å². The summed E-state index contributed by atoms with van der Waals surface area (Å²) in [6.45, 7) is 1.02. The van der Waals surface area contributed by atoms with Gasteiger partial charge in [-0.3, -0.25) is 14.7 Å². The van der Waals surface area contributed by atoms with Gasteiger partial charge in [0.1, 0.15) is 11.4 Å². The highest BCUT2D eigenvalue weighted by Crippen LogP contribution is 2.21. The number of carbonyl (C=O) groups excluding carboxylic acids is 1. The van der Waals surface area contributed by atoms with E-state index in [1.165, 1.54) is 6.07 Å². The Morgan fingerprint density at radius 1 is 1.23 bits per heavy atom. The molecule has 0 spiro atoms. The number of rotatable bonds is 7. The zero-order valence-corrected chi connectivity index (χ0v) is 14.4. The molecule has 2 heterocycles. The minimum atomic E-state index is -0.224. The summed E-state index contributed by atoms with van der Waals surface area (Å²) in [5.41, 5.74) is 1.93. The first-order valence-electron chi connectivity index (χ1n) is 8.31. The average Bonchev–Trinajstić information content (AvgIpc) is 3.17. The van der Waals surface area contributed by atoms with Gasteiger partial charge < -0.3 is 14.6 Å². The van der Waals surface area contributed by atoms with Gasteiger partial charge >= 0.3 is 0 Å². The van der Waals surface area contributed by atoms with Crippen LogP contribution in [-0.2, 0) is 6.54 Å². The molecule has 0 radical (unpaired) electrons. The monoisotopic (exact) mass is 352 g/mol. The fraction of sp³-hybridized carbons (Fsp3) is 0.211. The van der Waals surface area contributed by atoms with Crippen molar-refractivity contribution >= 4 is 5.91 Å². The van der Waals surface area contributed by atoms with E-state index in [1.54, 1.807) is 30.0 Å². The first-order chi connectivity index (χ1) is 12.7. The minimum absolute atomic E-state index is 0.0449. The fourth-order valence-electron chi connectivity index (χ4n) is 2.54. The Morgan fingerprint density at radius 3 is 2.77 bits per heavy atom. The van der Waals surface area contributed by atoms with Crippen LogP contribution in [0.15, 0.2) is 59.5 Å². The SMILES string of the molecule is COc1ccc(-c2cc(C(=O)NCCCn3ccccc3=O)[nH]n2)cc1. The number of amides is 1. The van der Waals surface area contributed by atoms with Crippen LogP contribution in [0.2, 0.25) is 0 Å². The lowest BCUT2D eigenvalue weighted by Gasteiger charge is -2.05. The molecule has 0 bridgehead atoms. The summed E-state index contributed by atoms with van der Waals surface area (Å²) in [4.78, 5) is 23.8. The van der Waals surface area contributed by atoms with Crippen LogP contribution in [0.3, 0.4) is 0 Å². The van der Waals surface area contributed by atoms with Crippen LogP contribution in [0, 0.1) is 0 Å². The molecule has 0 saturated carbocycles. The molecule has 0 unspecified atom stereocenters. The van der Waals surface area contributed by atoms with Crippen LogP contribution in [0.5, 0.6) is 5.75 Å². The molecule has 1 aromatic carbocycles. The number of pyridine rings is 1. The van der Waals surface area contributed by atoms with Crippen LogP contribution in [0.1, 0.15) is 16.9 Å². The number of hydrogen-bond acceptors (Lipinski definition) is 4. The van der Waals surface area contributed by atoms with E-state index in [1.807, 2.05) is 30.3 Å². The highest BCUT2D eigenvalue weighted by molar-refractivity contribution is 5.93. The number of H-pyrrole nitrogens is 1. The number of aromatic nitrogens is 3. The molecule has 3 aromatic rings. The van der Waals surface area contributed by atoms with Crippen LogP contribution < -0.4 is 15.6 Å². The molecular weight excluding hydrogens is 332 g/mol. The Kier molecular flexibility index (Phi) is 5.48. The molecule has 7 heteroatoms. The maximum absolute atomic E-state index is 12.2. The molecule has 134 valence electrons. The summed E-state index contributed by atoms with van der Waals surface area (Å²) in [5, 5.41) is 9.76. The number of benzene rings is 1. The van der Waals surface area contributed by atoms with Crippen molar-refractivity contribution in [1.29, 1.82) is 0 Å². The van der Waals surface area contributed by atoms with Crippen LogP contribution in [-0.4, -0.2) is 34.3 Å². The summed E-state index contributed by atoms with van der Waals surface area (Å²) in [6.07, 6.45) is 2.40. The van der Waals surface area contributed by atoms with E-state index in [4.69, 9.17) is 4.74 Å². The van der Waals surface area contributed by atoms with Crippen molar-refractivity contribution in [2.45, 2.75) is 13.0 Å². The molecule has 0 saturated heterocycles. The topological polar surface area (TPSA) is 89.0 Å². The van der Waals surface area contributed by atoms with Gasteiger partial charge in [-0.2, -0.15) is 5.10 Å². The number of aromatic amines is 1. The second-order valence-corrected chi connectivity index (χ2v) is 5.74. The number of methoxy groups -OCH3 is 1. The second-order valence-electron chi connectivity index (χ2n) is 5.74. The van der Waals surface area contributed by atoms with Gasteiger partial charge in [0.2, 0.25) is 5.56 Å². The molecule has 0 aliphatic heterocycles. The van der Waals surface area contributed by atoms with Gasteiger partial charge in [-0.15, -0.1) is 0 Å². The van der Waals surface area contributed by atoms with Crippen molar-refractivity contribution < 1.29 is 9.53 Å². The number of nitrogens with one attached hydrogen (secondary N) is 2. The summed E-state index contributed by atoms with van der Waals surface area (Å²) >= 11 is 0. The van der Waals surface area contributed by atoms with E-state index in [-0.39, 0.29) is 11.5 Å². The summed E-state index contributed by atoms with van der Waals surface area (Å²) in [7, 11) is 1.61. The number of hydrogen-bond donors (Lipinski definition) is 2. The van der Waals surface area contributed by atoms with Crippen molar-refractivity contribution in [3.05, 3.63) is 70.8 Å². The normalized spacial score (nSPS) is 10.5. The van der Waals surface area contributed by atoms with Crippen molar-refractivity contribution in [3.8, 4) is 17.0 Å². The molecule has 26 heavy (non-hydrogen) atoms. The Hall–Kier alpha value is -3.35. The highest BCUT2D eigenvalue weighted by Gasteiger charge is 2.10. The molecule has 7 nitrogen and oxygen atoms in total. The molecular formula is C19H20N4O3. The Labute approximate surface area is 150 Å². The first kappa shape index (κ1) is 17.5. The molecule has 0 atom stereocenters. The third kappa shape index (κ3) is 4.18. The molecule has 2 aromatic heterocycles. The number of carbonyl (C=O) groups is 1.